The summed E-state index contributed by atoms with van der Waals surface area (Å²) in [6.45, 7) is 0. The highest BCUT2D eigenvalue weighted by Gasteiger charge is 2.19. The number of benzene rings is 1. The van der Waals surface area contributed by atoms with Gasteiger partial charge in [-0.2, -0.15) is 5.26 Å². The highest BCUT2D eigenvalue weighted by Crippen LogP contribution is 2.20. The molecule has 0 radical (unpaired) electrons. The van der Waals surface area contributed by atoms with Crippen LogP contribution in [0.25, 0.3) is 0 Å². The predicted molar refractivity (Wildman–Crippen MR) is 48.8 cm³/mol. The van der Waals surface area contributed by atoms with E-state index in [0.717, 1.165) is 0 Å². The molecule has 2 atom stereocenters. The van der Waals surface area contributed by atoms with Crippen LogP contribution in [-0.2, 0) is 0 Å². The lowest BCUT2D eigenvalue weighted by atomic mass is 10.1. The maximum absolute atomic E-state index is 13.5. The molecule has 0 saturated carbocycles. The first-order valence-electron chi connectivity index (χ1n) is 4.05. The molecule has 0 aromatic heterocycles. The van der Waals surface area contributed by atoms with Crippen molar-refractivity contribution in [3.8, 4) is 6.07 Å². The van der Waals surface area contributed by atoms with E-state index in [1.807, 2.05) is 12.1 Å². The van der Waals surface area contributed by atoms with E-state index in [1.165, 1.54) is 0 Å². The van der Waals surface area contributed by atoms with E-state index >= 15 is 0 Å². The summed E-state index contributed by atoms with van der Waals surface area (Å²) in [6, 6.07) is 9.76. The van der Waals surface area contributed by atoms with Crippen LogP contribution < -0.4 is 5.32 Å². The Labute approximate surface area is 77.0 Å². The lowest BCUT2D eigenvalue weighted by molar-refractivity contribution is 0.298. The van der Waals surface area contributed by atoms with Crippen molar-refractivity contribution in [1.82, 2.24) is 5.32 Å². The number of nitrogens with zero attached hydrogens (tertiary/aromatic N) is 1. The predicted octanol–water partition coefficient (Wildman–Crippen LogP) is 1.81. The third-order valence-electron chi connectivity index (χ3n) is 1.86. The Kier molecular flexibility index (Phi) is 3.41. The summed E-state index contributed by atoms with van der Waals surface area (Å²) < 4.78 is 13.5. The van der Waals surface area contributed by atoms with Gasteiger partial charge in [-0.25, -0.2) is 4.39 Å². The van der Waals surface area contributed by atoms with Crippen LogP contribution in [-0.4, -0.2) is 13.1 Å². The maximum Gasteiger partial charge on any atom is 0.154 e. The van der Waals surface area contributed by atoms with Gasteiger partial charge in [0.2, 0.25) is 0 Å². The van der Waals surface area contributed by atoms with Crippen molar-refractivity contribution in [3.05, 3.63) is 35.9 Å². The van der Waals surface area contributed by atoms with Crippen LogP contribution in [0.4, 0.5) is 4.39 Å². The fraction of sp³-hybridized carbons (Fsp3) is 0.300. The van der Waals surface area contributed by atoms with E-state index in [2.05, 4.69) is 5.32 Å². The largest absolute Gasteiger partial charge is 0.302 e. The average molecular weight is 178 g/mol. The molecule has 0 aliphatic rings. The SMILES string of the molecule is CN[C@@H](C#N)[C@@H](F)c1ccccc1. The Bertz CT molecular complexity index is 292. The second kappa shape index (κ2) is 4.58. The summed E-state index contributed by atoms with van der Waals surface area (Å²) in [5.41, 5.74) is 0.531. The Hall–Kier alpha value is -1.40. The summed E-state index contributed by atoms with van der Waals surface area (Å²) in [7, 11) is 1.57. The average Bonchev–Trinajstić information content (AvgIpc) is 2.21. The molecule has 0 spiro atoms. The Morgan fingerprint density at radius 1 is 1.38 bits per heavy atom. The lowest BCUT2D eigenvalue weighted by Crippen LogP contribution is -2.28. The molecule has 0 fully saturated rings. The van der Waals surface area contributed by atoms with Gasteiger partial charge >= 0.3 is 0 Å². The van der Waals surface area contributed by atoms with Crippen molar-refractivity contribution in [3.63, 3.8) is 0 Å². The first-order valence-corrected chi connectivity index (χ1v) is 4.05. The first kappa shape index (κ1) is 9.69. The molecular formula is C10H11FN2. The van der Waals surface area contributed by atoms with Crippen LogP contribution in [0.1, 0.15) is 11.7 Å². The quantitative estimate of drug-likeness (QED) is 0.766. The molecule has 0 aliphatic carbocycles. The van der Waals surface area contributed by atoms with Crippen molar-refractivity contribution in [2.75, 3.05) is 7.05 Å². The van der Waals surface area contributed by atoms with Crippen molar-refractivity contribution in [2.24, 2.45) is 0 Å². The van der Waals surface area contributed by atoms with Crippen molar-refractivity contribution in [2.45, 2.75) is 12.2 Å². The van der Waals surface area contributed by atoms with Gasteiger partial charge in [-0.05, 0) is 12.6 Å². The molecule has 0 unspecified atom stereocenters. The third-order valence-corrected chi connectivity index (χ3v) is 1.86. The number of halogens is 1. The fourth-order valence-corrected chi connectivity index (χ4v) is 1.11. The number of rotatable bonds is 3. The van der Waals surface area contributed by atoms with Gasteiger partial charge < -0.3 is 5.32 Å². The number of alkyl halides is 1. The monoisotopic (exact) mass is 178 g/mol. The normalized spacial score (nSPS) is 14.5. The van der Waals surface area contributed by atoms with Crippen molar-refractivity contribution in [1.29, 1.82) is 5.26 Å². The molecule has 0 heterocycles. The number of likely N-dealkylation sites (N-methyl/N-ethyl adjacent to an activating group) is 1. The fourth-order valence-electron chi connectivity index (χ4n) is 1.11. The smallest absolute Gasteiger partial charge is 0.154 e. The molecule has 0 amide bonds. The maximum atomic E-state index is 13.5. The van der Waals surface area contributed by atoms with E-state index in [0.29, 0.717) is 5.56 Å². The van der Waals surface area contributed by atoms with E-state index in [-0.39, 0.29) is 0 Å². The minimum absolute atomic E-state index is 0.531. The van der Waals surface area contributed by atoms with E-state index in [4.69, 9.17) is 5.26 Å². The second-order valence-electron chi connectivity index (χ2n) is 2.71. The summed E-state index contributed by atoms with van der Waals surface area (Å²) >= 11 is 0. The Balaban J connectivity index is 2.79. The van der Waals surface area contributed by atoms with Crippen molar-refractivity contribution >= 4 is 0 Å². The number of hydrogen-bond acceptors (Lipinski definition) is 2. The van der Waals surface area contributed by atoms with Crippen LogP contribution >= 0.6 is 0 Å². The van der Waals surface area contributed by atoms with Gasteiger partial charge in [-0.3, -0.25) is 0 Å². The molecule has 0 bridgehead atoms. The highest BCUT2D eigenvalue weighted by atomic mass is 19.1. The second-order valence-corrected chi connectivity index (χ2v) is 2.71. The zero-order valence-corrected chi connectivity index (χ0v) is 7.37. The van der Waals surface area contributed by atoms with Crippen LogP contribution in [0.2, 0.25) is 0 Å². The molecule has 3 heteroatoms. The molecule has 13 heavy (non-hydrogen) atoms. The van der Waals surface area contributed by atoms with Crippen LogP contribution in [0.5, 0.6) is 0 Å². The number of hydrogen-bond donors (Lipinski definition) is 1. The zero-order valence-electron chi connectivity index (χ0n) is 7.37. The minimum atomic E-state index is -1.27. The number of nitrogens with one attached hydrogen (secondary N) is 1. The summed E-state index contributed by atoms with van der Waals surface area (Å²) in [6.07, 6.45) is -1.27. The van der Waals surface area contributed by atoms with Crippen molar-refractivity contribution < 1.29 is 4.39 Å². The van der Waals surface area contributed by atoms with Gasteiger partial charge in [0.15, 0.2) is 6.17 Å². The molecule has 1 N–H and O–H groups in total. The summed E-state index contributed by atoms with van der Waals surface area (Å²) in [5.74, 6) is 0. The lowest BCUT2D eigenvalue weighted by Gasteiger charge is -2.13. The van der Waals surface area contributed by atoms with E-state index in [9.17, 15) is 4.39 Å². The molecule has 0 saturated heterocycles. The molecule has 1 aromatic carbocycles. The topological polar surface area (TPSA) is 35.8 Å². The van der Waals surface area contributed by atoms with Gasteiger partial charge in [-0.1, -0.05) is 30.3 Å². The van der Waals surface area contributed by atoms with Crippen LogP contribution in [0.15, 0.2) is 30.3 Å². The van der Waals surface area contributed by atoms with Gasteiger partial charge in [0.05, 0.1) is 6.07 Å². The van der Waals surface area contributed by atoms with Gasteiger partial charge in [0, 0.05) is 0 Å². The summed E-state index contributed by atoms with van der Waals surface area (Å²) in [4.78, 5) is 0. The third kappa shape index (κ3) is 2.27. The molecule has 68 valence electrons. The van der Waals surface area contributed by atoms with Gasteiger partial charge in [0.25, 0.3) is 0 Å². The molecule has 1 aromatic rings. The summed E-state index contributed by atoms with van der Waals surface area (Å²) in [5, 5.41) is 11.2. The Morgan fingerprint density at radius 2 is 2.00 bits per heavy atom. The van der Waals surface area contributed by atoms with E-state index < -0.39 is 12.2 Å². The van der Waals surface area contributed by atoms with Gasteiger partial charge in [0.1, 0.15) is 6.04 Å². The van der Waals surface area contributed by atoms with Crippen LogP contribution in [0, 0.1) is 11.3 Å². The van der Waals surface area contributed by atoms with E-state index in [1.54, 1.807) is 31.3 Å². The molecular weight excluding hydrogens is 167 g/mol. The standard InChI is InChI=1S/C10H11FN2/c1-13-9(7-12)10(11)8-5-3-2-4-6-8/h2-6,9-10,13H,1H3/t9-,10-/m0/s1. The Morgan fingerprint density at radius 3 is 2.46 bits per heavy atom. The number of nitriles is 1. The first-order chi connectivity index (χ1) is 6.29. The van der Waals surface area contributed by atoms with Crippen LogP contribution in [0.3, 0.4) is 0 Å². The zero-order chi connectivity index (χ0) is 9.68. The minimum Gasteiger partial charge on any atom is -0.302 e. The molecule has 0 aliphatic heterocycles. The molecule has 2 nitrogen and oxygen atoms in total. The highest BCUT2D eigenvalue weighted by molar-refractivity contribution is 5.21. The van der Waals surface area contributed by atoms with Gasteiger partial charge in [-0.15, -0.1) is 0 Å². The molecule has 1 rings (SSSR count).